The minimum atomic E-state index is -3.37. The van der Waals surface area contributed by atoms with Crippen LogP contribution >= 0.6 is 0 Å². The van der Waals surface area contributed by atoms with Crippen molar-refractivity contribution in [3.63, 3.8) is 0 Å². The Morgan fingerprint density at radius 1 is 1.62 bits per heavy atom. The maximum absolute atomic E-state index is 9.63. The van der Waals surface area contributed by atoms with E-state index in [1.54, 1.807) is 32.0 Å². The quantitative estimate of drug-likeness (QED) is 0.783. The van der Waals surface area contributed by atoms with Crippen molar-refractivity contribution in [2.75, 3.05) is 6.56 Å². The van der Waals surface area contributed by atoms with E-state index in [0.717, 1.165) is 0 Å². The molecule has 0 amide bonds. The van der Waals surface area contributed by atoms with Crippen LogP contribution in [0.2, 0.25) is 0 Å². The van der Waals surface area contributed by atoms with Gasteiger partial charge in [0, 0.05) is 4.11 Å². The lowest BCUT2D eigenvalue weighted by Crippen LogP contribution is -2.13. The fourth-order valence-electron chi connectivity index (χ4n) is 1.06. The predicted octanol–water partition coefficient (Wildman–Crippen LogP) is 2.06. The molecule has 2 nitrogen and oxygen atoms in total. The van der Waals surface area contributed by atoms with Crippen molar-refractivity contribution in [3.8, 4) is 5.75 Å². The zero-order chi connectivity index (χ0) is 15.1. The second kappa shape index (κ2) is 4.28. The summed E-state index contributed by atoms with van der Waals surface area (Å²) in [5.41, 5.74) is 1.18. The Morgan fingerprint density at radius 3 is 2.77 bits per heavy atom. The van der Waals surface area contributed by atoms with Gasteiger partial charge in [0.25, 0.3) is 0 Å². The van der Waals surface area contributed by atoms with Gasteiger partial charge in [-0.15, -0.1) is 0 Å². The average Bonchev–Trinajstić information content (AvgIpc) is 2.22. The number of aliphatic hydroxyl groups is 1. The standard InChI is InChI=1S/C11H16O2/c1-8-5-4-6-9(2)11(8)13-7-10(3)12/h4-6,10,12H,7H2,1-3H3/i3D3,7D2,10D. The smallest absolute Gasteiger partial charge is 0.125 e. The highest BCUT2D eigenvalue weighted by atomic mass is 16.5. The van der Waals surface area contributed by atoms with Crippen LogP contribution in [0.1, 0.15) is 26.2 Å². The van der Waals surface area contributed by atoms with E-state index in [4.69, 9.17) is 13.0 Å². The van der Waals surface area contributed by atoms with Crippen LogP contribution in [0.25, 0.3) is 0 Å². The minimum absolute atomic E-state index is 0.127. The van der Waals surface area contributed by atoms with Crippen LogP contribution in [0.4, 0.5) is 0 Å². The highest BCUT2D eigenvalue weighted by Crippen LogP contribution is 2.22. The number of rotatable bonds is 3. The van der Waals surface area contributed by atoms with Crippen molar-refractivity contribution >= 4 is 0 Å². The summed E-state index contributed by atoms with van der Waals surface area (Å²) in [7, 11) is 0. The maximum Gasteiger partial charge on any atom is 0.125 e. The third-order valence-corrected chi connectivity index (χ3v) is 1.66. The van der Waals surface area contributed by atoms with Gasteiger partial charge in [-0.1, -0.05) is 18.2 Å². The first-order chi connectivity index (χ1) is 8.40. The van der Waals surface area contributed by atoms with E-state index < -0.39 is 19.5 Å². The van der Waals surface area contributed by atoms with Crippen molar-refractivity contribution in [1.29, 1.82) is 0 Å². The van der Waals surface area contributed by atoms with E-state index in [9.17, 15) is 5.11 Å². The zero-order valence-corrected chi connectivity index (χ0v) is 7.59. The van der Waals surface area contributed by atoms with E-state index in [0.29, 0.717) is 11.1 Å². The fourth-order valence-corrected chi connectivity index (χ4v) is 1.06. The van der Waals surface area contributed by atoms with E-state index >= 15 is 0 Å². The zero-order valence-electron chi connectivity index (χ0n) is 13.6. The summed E-state index contributed by atoms with van der Waals surface area (Å²) >= 11 is 0. The molecule has 0 aromatic heterocycles. The molecule has 0 spiro atoms. The third kappa shape index (κ3) is 2.74. The molecule has 1 N–H and O–H groups in total. The van der Waals surface area contributed by atoms with Crippen LogP contribution in [-0.4, -0.2) is 17.7 Å². The van der Waals surface area contributed by atoms with Gasteiger partial charge < -0.3 is 9.84 Å². The Bertz CT molecular complexity index is 446. The molecule has 0 radical (unpaired) electrons. The van der Waals surface area contributed by atoms with Gasteiger partial charge in [0.1, 0.15) is 12.3 Å². The number of benzene rings is 1. The second-order valence-corrected chi connectivity index (χ2v) is 2.77. The Hall–Kier alpha value is -1.02. The van der Waals surface area contributed by atoms with Crippen LogP contribution in [0.15, 0.2) is 18.2 Å². The van der Waals surface area contributed by atoms with Crippen LogP contribution in [-0.2, 0) is 0 Å². The first-order valence-corrected chi connectivity index (χ1v) is 3.88. The van der Waals surface area contributed by atoms with Crippen LogP contribution in [0, 0.1) is 13.8 Å². The molecule has 2 heteroatoms. The molecule has 1 unspecified atom stereocenters. The van der Waals surface area contributed by atoms with Gasteiger partial charge in [-0.05, 0) is 31.8 Å². The topological polar surface area (TPSA) is 29.5 Å². The molecule has 0 aliphatic heterocycles. The number of hydrogen-bond acceptors (Lipinski definition) is 2. The number of hydrogen-bond donors (Lipinski definition) is 1. The molecule has 0 saturated heterocycles. The van der Waals surface area contributed by atoms with Gasteiger partial charge in [-0.2, -0.15) is 0 Å². The van der Waals surface area contributed by atoms with Crippen molar-refractivity contribution in [2.24, 2.45) is 0 Å². The molecule has 1 aromatic rings. The van der Waals surface area contributed by atoms with Gasteiger partial charge in [-0.25, -0.2) is 0 Å². The Balaban J connectivity index is 3.17. The lowest BCUT2D eigenvalue weighted by atomic mass is 10.1. The molecule has 1 aromatic carbocycles. The van der Waals surface area contributed by atoms with E-state index in [1.165, 1.54) is 0 Å². The molecule has 0 bridgehead atoms. The summed E-state index contributed by atoms with van der Waals surface area (Å²) in [6.07, 6.45) is -3.37. The fraction of sp³-hybridized carbons (Fsp3) is 0.455. The van der Waals surface area contributed by atoms with Crippen molar-refractivity contribution in [2.45, 2.75) is 26.8 Å². The van der Waals surface area contributed by atoms with Gasteiger partial charge >= 0.3 is 0 Å². The first-order valence-electron chi connectivity index (χ1n) is 6.88. The number of para-hydroxylation sites is 1. The van der Waals surface area contributed by atoms with Crippen molar-refractivity contribution in [3.05, 3.63) is 29.3 Å². The molecule has 72 valence electrons. The van der Waals surface area contributed by atoms with E-state index in [2.05, 4.69) is 0 Å². The summed E-state index contributed by atoms with van der Waals surface area (Å²) in [5.74, 6) is 0.127. The second-order valence-electron chi connectivity index (χ2n) is 2.77. The lowest BCUT2D eigenvalue weighted by Gasteiger charge is -2.12. The molecular weight excluding hydrogens is 164 g/mol. The average molecular weight is 186 g/mol. The van der Waals surface area contributed by atoms with Crippen molar-refractivity contribution < 1.29 is 18.1 Å². The normalized spacial score (nSPS) is 23.9. The molecule has 1 rings (SSSR count). The van der Waals surface area contributed by atoms with Gasteiger partial charge in [0.05, 0.1) is 10.2 Å². The highest BCUT2D eigenvalue weighted by Gasteiger charge is 2.04. The Morgan fingerprint density at radius 2 is 2.23 bits per heavy atom. The largest absolute Gasteiger partial charge is 0.490 e. The predicted molar refractivity (Wildman–Crippen MR) is 53.1 cm³/mol. The molecule has 0 heterocycles. The van der Waals surface area contributed by atoms with E-state index in [-0.39, 0.29) is 5.75 Å². The lowest BCUT2D eigenvalue weighted by molar-refractivity contribution is 0.122. The number of ether oxygens (including phenoxy) is 1. The Kier molecular flexibility index (Phi) is 1.47. The van der Waals surface area contributed by atoms with Crippen LogP contribution < -0.4 is 4.74 Å². The monoisotopic (exact) mass is 186 g/mol. The summed E-state index contributed by atoms with van der Waals surface area (Å²) in [6.45, 7) is -2.98. The molecular formula is C11H16O2. The van der Waals surface area contributed by atoms with Crippen molar-refractivity contribution in [1.82, 2.24) is 0 Å². The molecule has 13 heavy (non-hydrogen) atoms. The third-order valence-electron chi connectivity index (χ3n) is 1.66. The van der Waals surface area contributed by atoms with Gasteiger partial charge in [0.2, 0.25) is 0 Å². The molecule has 0 saturated carbocycles. The summed E-state index contributed by atoms with van der Waals surface area (Å²) < 4.78 is 48.6. The SMILES string of the molecule is [2H]C([2H])([2H])C([2H])(O)C([2H])([2H])Oc1c(C)cccc1C. The summed E-state index contributed by atoms with van der Waals surface area (Å²) in [4.78, 5) is 0. The van der Waals surface area contributed by atoms with Gasteiger partial charge in [0.15, 0.2) is 0 Å². The molecule has 0 aliphatic rings. The first kappa shape index (κ1) is 4.47. The summed E-state index contributed by atoms with van der Waals surface area (Å²) in [5, 5.41) is 9.63. The molecule has 1 atom stereocenters. The minimum Gasteiger partial charge on any atom is -0.490 e. The summed E-state index contributed by atoms with van der Waals surface area (Å²) in [6, 6.07) is 5.07. The highest BCUT2D eigenvalue weighted by molar-refractivity contribution is 5.39. The molecule has 0 aliphatic carbocycles. The van der Waals surface area contributed by atoms with Gasteiger partial charge in [-0.3, -0.25) is 0 Å². The number of aryl methyl sites for hydroxylation is 2. The van der Waals surface area contributed by atoms with Crippen LogP contribution in [0.5, 0.6) is 5.75 Å². The van der Waals surface area contributed by atoms with E-state index in [1.807, 2.05) is 0 Å². The molecule has 0 fully saturated rings. The Labute approximate surface area is 87.6 Å². The van der Waals surface area contributed by atoms with Crippen LogP contribution in [0.3, 0.4) is 0 Å². The maximum atomic E-state index is 9.63.